The highest BCUT2D eigenvalue weighted by atomic mass is 16.5. The molecular formula is C16H23NO3. The first-order valence-electron chi connectivity index (χ1n) is 7.10. The van der Waals surface area contributed by atoms with Gasteiger partial charge in [0.05, 0.1) is 19.3 Å². The van der Waals surface area contributed by atoms with E-state index in [0.29, 0.717) is 24.5 Å². The molecule has 1 aliphatic rings. The second kappa shape index (κ2) is 6.37. The average molecular weight is 277 g/mol. The summed E-state index contributed by atoms with van der Waals surface area (Å²) >= 11 is 0. The van der Waals surface area contributed by atoms with Crippen LogP contribution in [0.1, 0.15) is 28.4 Å². The Balaban J connectivity index is 2.27. The zero-order valence-corrected chi connectivity index (χ0v) is 12.7. The van der Waals surface area contributed by atoms with Crippen molar-refractivity contribution in [3.8, 4) is 5.75 Å². The molecule has 0 aromatic heterocycles. The highest BCUT2D eigenvalue weighted by Crippen LogP contribution is 2.28. The van der Waals surface area contributed by atoms with Crippen LogP contribution in [0.4, 0.5) is 0 Å². The van der Waals surface area contributed by atoms with Crippen molar-refractivity contribution in [2.75, 3.05) is 33.4 Å². The number of carbonyl (C=O) groups excluding carboxylic acids is 1. The number of rotatable bonds is 4. The molecule has 1 aromatic rings. The molecule has 0 saturated carbocycles. The summed E-state index contributed by atoms with van der Waals surface area (Å²) in [5.41, 5.74) is 2.76. The summed E-state index contributed by atoms with van der Waals surface area (Å²) < 4.78 is 11.1. The minimum Gasteiger partial charge on any atom is -0.496 e. The fourth-order valence-electron chi connectivity index (χ4n) is 2.57. The Bertz CT molecular complexity index is 499. The van der Waals surface area contributed by atoms with Gasteiger partial charge in [-0.25, -0.2) is 0 Å². The minimum absolute atomic E-state index is 0.0168. The average Bonchev–Trinajstić information content (AvgIpc) is 2.49. The van der Waals surface area contributed by atoms with Crippen LogP contribution in [0.5, 0.6) is 5.75 Å². The standard InChI is InChI=1S/C16H23NO3/c1-5-17-8-9-20-14(10-17)15(18)13-7-6-11(2)12(3)16(13)19-4/h6-7,14H,5,8-10H2,1-4H3. The molecule has 20 heavy (non-hydrogen) atoms. The number of carbonyl (C=O) groups is 1. The first kappa shape index (κ1) is 15.0. The lowest BCUT2D eigenvalue weighted by molar-refractivity contribution is -0.0149. The second-order valence-corrected chi connectivity index (χ2v) is 5.21. The normalized spacial score (nSPS) is 19.9. The molecule has 0 aliphatic carbocycles. The molecule has 1 aromatic carbocycles. The van der Waals surface area contributed by atoms with E-state index >= 15 is 0 Å². The molecule has 0 N–H and O–H groups in total. The van der Waals surface area contributed by atoms with Gasteiger partial charge in [-0.3, -0.25) is 9.69 Å². The van der Waals surface area contributed by atoms with Crippen molar-refractivity contribution in [2.45, 2.75) is 26.9 Å². The van der Waals surface area contributed by atoms with Gasteiger partial charge >= 0.3 is 0 Å². The van der Waals surface area contributed by atoms with Gasteiger partial charge in [0.2, 0.25) is 0 Å². The maximum atomic E-state index is 12.7. The molecular weight excluding hydrogens is 254 g/mol. The van der Waals surface area contributed by atoms with E-state index in [1.807, 2.05) is 26.0 Å². The fraction of sp³-hybridized carbons (Fsp3) is 0.562. The van der Waals surface area contributed by atoms with Crippen LogP contribution in [0.25, 0.3) is 0 Å². The van der Waals surface area contributed by atoms with Crippen molar-refractivity contribution < 1.29 is 14.3 Å². The molecule has 1 aliphatic heterocycles. The molecule has 0 bridgehead atoms. The first-order chi connectivity index (χ1) is 9.58. The molecule has 1 heterocycles. The number of benzene rings is 1. The number of morpholine rings is 1. The van der Waals surface area contributed by atoms with E-state index in [9.17, 15) is 4.79 Å². The van der Waals surface area contributed by atoms with Gasteiger partial charge in [0.25, 0.3) is 0 Å². The molecule has 1 atom stereocenters. The van der Waals surface area contributed by atoms with Crippen LogP contribution < -0.4 is 4.74 Å². The predicted octanol–water partition coefficient (Wildman–Crippen LogP) is 2.22. The summed E-state index contributed by atoms with van der Waals surface area (Å²) in [5, 5.41) is 0. The van der Waals surface area contributed by atoms with Gasteiger partial charge in [0.15, 0.2) is 5.78 Å². The number of likely N-dealkylation sites (N-methyl/N-ethyl adjacent to an activating group) is 1. The number of Topliss-reactive ketones (excluding diaryl/α,β-unsaturated/α-hetero) is 1. The van der Waals surface area contributed by atoms with E-state index in [1.165, 1.54) is 0 Å². The maximum absolute atomic E-state index is 12.7. The first-order valence-corrected chi connectivity index (χ1v) is 7.10. The SMILES string of the molecule is CCN1CCOC(C(=O)c2ccc(C)c(C)c2OC)C1. The third-order valence-corrected chi connectivity index (χ3v) is 4.04. The summed E-state index contributed by atoms with van der Waals surface area (Å²) in [6, 6.07) is 3.81. The van der Waals surface area contributed by atoms with Gasteiger partial charge in [-0.15, -0.1) is 0 Å². The molecule has 1 saturated heterocycles. The quantitative estimate of drug-likeness (QED) is 0.791. The zero-order valence-electron chi connectivity index (χ0n) is 12.7. The Labute approximate surface area is 120 Å². The lowest BCUT2D eigenvalue weighted by Crippen LogP contribution is -2.45. The van der Waals surface area contributed by atoms with Crippen molar-refractivity contribution in [1.29, 1.82) is 0 Å². The largest absolute Gasteiger partial charge is 0.496 e. The summed E-state index contributed by atoms with van der Waals surface area (Å²) in [5.74, 6) is 0.690. The van der Waals surface area contributed by atoms with Crippen LogP contribution >= 0.6 is 0 Å². The molecule has 0 spiro atoms. The maximum Gasteiger partial charge on any atom is 0.196 e. The van der Waals surface area contributed by atoms with Crippen LogP contribution in [-0.2, 0) is 4.74 Å². The number of ketones is 1. The summed E-state index contributed by atoms with van der Waals surface area (Å²) in [6.45, 7) is 9.20. The topological polar surface area (TPSA) is 38.8 Å². The third-order valence-electron chi connectivity index (χ3n) is 4.04. The van der Waals surface area contributed by atoms with E-state index < -0.39 is 0 Å². The highest BCUT2D eigenvalue weighted by molar-refractivity contribution is 6.02. The second-order valence-electron chi connectivity index (χ2n) is 5.21. The van der Waals surface area contributed by atoms with Crippen LogP contribution in [0.3, 0.4) is 0 Å². The monoisotopic (exact) mass is 277 g/mol. The van der Waals surface area contributed by atoms with Crippen molar-refractivity contribution in [3.05, 3.63) is 28.8 Å². The third kappa shape index (κ3) is 2.86. The number of methoxy groups -OCH3 is 1. The summed E-state index contributed by atoms with van der Waals surface area (Å²) in [7, 11) is 1.61. The predicted molar refractivity (Wildman–Crippen MR) is 78.7 cm³/mol. The number of nitrogens with zero attached hydrogens (tertiary/aromatic N) is 1. The summed E-state index contributed by atoms with van der Waals surface area (Å²) in [6.07, 6.45) is -0.389. The van der Waals surface area contributed by atoms with Crippen LogP contribution in [-0.4, -0.2) is 50.1 Å². The number of aryl methyl sites for hydroxylation is 1. The van der Waals surface area contributed by atoms with E-state index in [-0.39, 0.29) is 11.9 Å². The fourth-order valence-corrected chi connectivity index (χ4v) is 2.57. The Morgan fingerprint density at radius 2 is 2.20 bits per heavy atom. The van der Waals surface area contributed by atoms with Crippen LogP contribution in [0, 0.1) is 13.8 Å². The van der Waals surface area contributed by atoms with Crippen LogP contribution in [0.2, 0.25) is 0 Å². The number of hydrogen-bond acceptors (Lipinski definition) is 4. The Morgan fingerprint density at radius 1 is 1.45 bits per heavy atom. The van der Waals surface area contributed by atoms with Gasteiger partial charge in [0, 0.05) is 13.1 Å². The van der Waals surface area contributed by atoms with Crippen molar-refractivity contribution in [3.63, 3.8) is 0 Å². The van der Waals surface area contributed by atoms with Crippen molar-refractivity contribution >= 4 is 5.78 Å². The molecule has 0 amide bonds. The van der Waals surface area contributed by atoms with E-state index in [4.69, 9.17) is 9.47 Å². The van der Waals surface area contributed by atoms with Gasteiger partial charge in [-0.2, -0.15) is 0 Å². The van der Waals surface area contributed by atoms with Gasteiger partial charge in [-0.05, 0) is 37.6 Å². The molecule has 1 fully saturated rings. The minimum atomic E-state index is -0.389. The Morgan fingerprint density at radius 3 is 2.85 bits per heavy atom. The molecule has 4 heteroatoms. The number of ether oxygens (including phenoxy) is 2. The molecule has 4 nitrogen and oxygen atoms in total. The zero-order chi connectivity index (χ0) is 14.7. The van der Waals surface area contributed by atoms with E-state index in [1.54, 1.807) is 7.11 Å². The smallest absolute Gasteiger partial charge is 0.196 e. The Hall–Kier alpha value is -1.39. The summed E-state index contributed by atoms with van der Waals surface area (Å²) in [4.78, 5) is 14.9. The molecule has 0 radical (unpaired) electrons. The number of hydrogen-bond donors (Lipinski definition) is 0. The lowest BCUT2D eigenvalue weighted by Gasteiger charge is -2.31. The highest BCUT2D eigenvalue weighted by Gasteiger charge is 2.29. The van der Waals surface area contributed by atoms with Gasteiger partial charge in [0.1, 0.15) is 11.9 Å². The van der Waals surface area contributed by atoms with E-state index in [2.05, 4.69) is 11.8 Å². The lowest BCUT2D eigenvalue weighted by atomic mass is 9.98. The van der Waals surface area contributed by atoms with E-state index in [0.717, 1.165) is 24.2 Å². The van der Waals surface area contributed by atoms with Gasteiger partial charge in [-0.1, -0.05) is 13.0 Å². The van der Waals surface area contributed by atoms with Crippen LogP contribution in [0.15, 0.2) is 12.1 Å². The van der Waals surface area contributed by atoms with Crippen molar-refractivity contribution in [1.82, 2.24) is 4.90 Å². The van der Waals surface area contributed by atoms with Crippen molar-refractivity contribution in [2.24, 2.45) is 0 Å². The molecule has 110 valence electrons. The van der Waals surface area contributed by atoms with Gasteiger partial charge < -0.3 is 9.47 Å². The molecule has 1 unspecified atom stereocenters. The Kier molecular flexibility index (Phi) is 4.78. The molecule has 2 rings (SSSR count).